The second-order valence-electron chi connectivity index (χ2n) is 3.44. The van der Waals surface area contributed by atoms with E-state index in [2.05, 4.69) is 15.6 Å². The van der Waals surface area contributed by atoms with Crippen LogP contribution in [0.2, 0.25) is 0 Å². The topological polar surface area (TPSA) is 59.8 Å². The summed E-state index contributed by atoms with van der Waals surface area (Å²) < 4.78 is 1.55. The third-order valence-corrected chi connectivity index (χ3v) is 2.15. The van der Waals surface area contributed by atoms with E-state index in [4.69, 9.17) is 0 Å². The van der Waals surface area contributed by atoms with E-state index in [0.717, 1.165) is 0 Å². The van der Waals surface area contributed by atoms with Gasteiger partial charge in [-0.1, -0.05) is 5.21 Å². The van der Waals surface area contributed by atoms with Gasteiger partial charge in [0.05, 0.1) is 6.20 Å². The molecule has 13 heavy (non-hydrogen) atoms. The molecule has 0 spiro atoms. The molecule has 0 unspecified atom stereocenters. The molecule has 1 saturated carbocycles. The summed E-state index contributed by atoms with van der Waals surface area (Å²) in [5.41, 5.74) is 0. The van der Waals surface area contributed by atoms with Crippen LogP contribution < -0.4 is 5.32 Å². The van der Waals surface area contributed by atoms with Gasteiger partial charge >= 0.3 is 0 Å². The number of nitrogens with one attached hydrogen (secondary N) is 1. The molecule has 2 rings (SSSR count). The molecule has 0 bridgehead atoms. The number of carbonyl (C=O) groups is 1. The Morgan fingerprint density at radius 1 is 1.77 bits per heavy atom. The average molecular weight is 180 g/mol. The van der Waals surface area contributed by atoms with Gasteiger partial charge in [0.2, 0.25) is 5.91 Å². The maximum Gasteiger partial charge on any atom is 0.225 e. The van der Waals surface area contributed by atoms with Crippen molar-refractivity contribution < 1.29 is 4.79 Å². The standard InChI is InChI=1S/C8H12N4O/c1-12-7(5-9-11-12)10-8(13)4-6-2-3-6/h5-6H,2-4H2,1H3,(H,10,13). The normalized spacial score (nSPS) is 15.8. The summed E-state index contributed by atoms with van der Waals surface area (Å²) in [7, 11) is 1.75. The zero-order valence-corrected chi connectivity index (χ0v) is 7.53. The highest BCUT2D eigenvalue weighted by Crippen LogP contribution is 2.32. The zero-order chi connectivity index (χ0) is 9.26. The number of nitrogens with zero attached hydrogens (tertiary/aromatic N) is 3. The Kier molecular flexibility index (Phi) is 2.00. The van der Waals surface area contributed by atoms with Crippen LogP contribution in [0.4, 0.5) is 5.82 Å². The van der Waals surface area contributed by atoms with Gasteiger partial charge in [-0.25, -0.2) is 4.68 Å². The maximum absolute atomic E-state index is 11.3. The number of anilines is 1. The minimum atomic E-state index is 0.0629. The first-order valence-electron chi connectivity index (χ1n) is 4.40. The molecule has 1 aliphatic carbocycles. The lowest BCUT2D eigenvalue weighted by Gasteiger charge is -2.02. The van der Waals surface area contributed by atoms with Crippen molar-refractivity contribution in [2.24, 2.45) is 13.0 Å². The van der Waals surface area contributed by atoms with Crippen molar-refractivity contribution in [1.82, 2.24) is 15.0 Å². The van der Waals surface area contributed by atoms with Gasteiger partial charge in [0.25, 0.3) is 0 Å². The highest BCUT2D eigenvalue weighted by molar-refractivity contribution is 5.89. The fourth-order valence-electron chi connectivity index (χ4n) is 1.18. The number of hydrogen-bond donors (Lipinski definition) is 1. The van der Waals surface area contributed by atoms with Crippen LogP contribution in [-0.4, -0.2) is 20.9 Å². The van der Waals surface area contributed by atoms with E-state index in [-0.39, 0.29) is 5.91 Å². The summed E-state index contributed by atoms with van der Waals surface area (Å²) >= 11 is 0. The summed E-state index contributed by atoms with van der Waals surface area (Å²) in [4.78, 5) is 11.3. The molecular weight excluding hydrogens is 168 g/mol. The number of amides is 1. The monoisotopic (exact) mass is 180 g/mol. The molecule has 1 aliphatic rings. The first-order chi connectivity index (χ1) is 6.25. The quantitative estimate of drug-likeness (QED) is 0.739. The van der Waals surface area contributed by atoms with E-state index in [0.29, 0.717) is 18.2 Å². The van der Waals surface area contributed by atoms with Crippen LogP contribution in [0.25, 0.3) is 0 Å². The van der Waals surface area contributed by atoms with Crippen molar-refractivity contribution in [2.45, 2.75) is 19.3 Å². The van der Waals surface area contributed by atoms with Gasteiger partial charge in [0.1, 0.15) is 0 Å². The van der Waals surface area contributed by atoms with Gasteiger partial charge in [-0.2, -0.15) is 0 Å². The lowest BCUT2D eigenvalue weighted by Crippen LogP contribution is -2.14. The van der Waals surface area contributed by atoms with Crippen LogP contribution in [0, 0.1) is 5.92 Å². The average Bonchev–Trinajstić information content (AvgIpc) is 2.79. The van der Waals surface area contributed by atoms with Crippen molar-refractivity contribution in [1.29, 1.82) is 0 Å². The number of hydrogen-bond acceptors (Lipinski definition) is 3. The predicted octanol–water partition coefficient (Wildman–Crippen LogP) is 0.554. The first-order valence-corrected chi connectivity index (χ1v) is 4.40. The van der Waals surface area contributed by atoms with Gasteiger partial charge in [0.15, 0.2) is 5.82 Å². The van der Waals surface area contributed by atoms with Crippen molar-refractivity contribution in [3.63, 3.8) is 0 Å². The van der Waals surface area contributed by atoms with Crippen molar-refractivity contribution in [2.75, 3.05) is 5.32 Å². The molecule has 1 fully saturated rings. The summed E-state index contributed by atoms with van der Waals surface area (Å²) in [6.45, 7) is 0. The molecule has 0 saturated heterocycles. The number of aryl methyl sites for hydroxylation is 1. The predicted molar refractivity (Wildman–Crippen MR) is 47.0 cm³/mol. The summed E-state index contributed by atoms with van der Waals surface area (Å²) in [6.07, 6.45) is 4.56. The van der Waals surface area contributed by atoms with Crippen LogP contribution in [-0.2, 0) is 11.8 Å². The summed E-state index contributed by atoms with van der Waals surface area (Å²) in [5, 5.41) is 10.1. The number of carbonyl (C=O) groups excluding carboxylic acids is 1. The van der Waals surface area contributed by atoms with Gasteiger partial charge in [-0.05, 0) is 18.8 Å². The van der Waals surface area contributed by atoms with Gasteiger partial charge in [0, 0.05) is 13.5 Å². The SMILES string of the molecule is Cn1nncc1NC(=O)CC1CC1. The van der Waals surface area contributed by atoms with Crippen LogP contribution in [0.5, 0.6) is 0 Å². The number of rotatable bonds is 3. The van der Waals surface area contributed by atoms with E-state index in [1.165, 1.54) is 12.8 Å². The van der Waals surface area contributed by atoms with E-state index in [9.17, 15) is 4.79 Å². The van der Waals surface area contributed by atoms with E-state index < -0.39 is 0 Å². The Morgan fingerprint density at radius 3 is 3.08 bits per heavy atom. The third kappa shape index (κ3) is 2.05. The Labute approximate surface area is 76.1 Å². The molecular formula is C8H12N4O. The second-order valence-corrected chi connectivity index (χ2v) is 3.44. The molecule has 5 nitrogen and oxygen atoms in total. The van der Waals surface area contributed by atoms with Crippen molar-refractivity contribution in [3.8, 4) is 0 Å². The molecule has 1 aromatic heterocycles. The Morgan fingerprint density at radius 2 is 2.54 bits per heavy atom. The largest absolute Gasteiger partial charge is 0.310 e. The van der Waals surface area contributed by atoms with Crippen LogP contribution >= 0.6 is 0 Å². The summed E-state index contributed by atoms with van der Waals surface area (Å²) in [5.74, 6) is 1.33. The van der Waals surface area contributed by atoms with E-state index in [1.54, 1.807) is 17.9 Å². The number of aromatic nitrogens is 3. The highest BCUT2D eigenvalue weighted by Gasteiger charge is 2.24. The Hall–Kier alpha value is -1.39. The van der Waals surface area contributed by atoms with Gasteiger partial charge in [-0.15, -0.1) is 5.10 Å². The smallest absolute Gasteiger partial charge is 0.225 e. The summed E-state index contributed by atoms with van der Waals surface area (Å²) in [6, 6.07) is 0. The first kappa shape index (κ1) is 8.22. The molecule has 0 aliphatic heterocycles. The van der Waals surface area contributed by atoms with E-state index >= 15 is 0 Å². The highest BCUT2D eigenvalue weighted by atomic mass is 16.1. The lowest BCUT2D eigenvalue weighted by molar-refractivity contribution is -0.116. The molecule has 0 atom stereocenters. The third-order valence-electron chi connectivity index (χ3n) is 2.15. The fraction of sp³-hybridized carbons (Fsp3) is 0.625. The van der Waals surface area contributed by atoms with E-state index in [1.807, 2.05) is 0 Å². The molecule has 5 heteroatoms. The Bertz CT molecular complexity index is 316. The molecule has 0 radical (unpaired) electrons. The van der Waals surface area contributed by atoms with Crippen LogP contribution in [0.15, 0.2) is 6.20 Å². The second kappa shape index (κ2) is 3.16. The Balaban J connectivity index is 1.89. The van der Waals surface area contributed by atoms with Gasteiger partial charge < -0.3 is 5.32 Å². The lowest BCUT2D eigenvalue weighted by atomic mass is 10.3. The fourth-order valence-corrected chi connectivity index (χ4v) is 1.18. The molecule has 0 aromatic carbocycles. The molecule has 1 heterocycles. The zero-order valence-electron chi connectivity index (χ0n) is 7.53. The van der Waals surface area contributed by atoms with Gasteiger partial charge in [-0.3, -0.25) is 4.79 Å². The minimum absolute atomic E-state index is 0.0629. The maximum atomic E-state index is 11.3. The van der Waals surface area contributed by atoms with Crippen molar-refractivity contribution in [3.05, 3.63) is 6.20 Å². The molecule has 1 aromatic rings. The molecule has 1 N–H and O–H groups in total. The molecule has 1 amide bonds. The van der Waals surface area contributed by atoms with Crippen molar-refractivity contribution >= 4 is 11.7 Å². The minimum Gasteiger partial charge on any atom is -0.310 e. The molecule has 70 valence electrons. The van der Waals surface area contributed by atoms with Crippen LogP contribution in [0.3, 0.4) is 0 Å². The van der Waals surface area contributed by atoms with Crippen LogP contribution in [0.1, 0.15) is 19.3 Å².